The summed E-state index contributed by atoms with van der Waals surface area (Å²) in [7, 11) is 1.32. The number of halogens is 2. The normalized spacial score (nSPS) is 9.94. The van der Waals surface area contributed by atoms with Crippen LogP contribution in [0.4, 0.5) is 0 Å². The summed E-state index contributed by atoms with van der Waals surface area (Å²) in [6.45, 7) is 0. The minimum atomic E-state index is -0.415. The summed E-state index contributed by atoms with van der Waals surface area (Å²) in [4.78, 5) is 22.4. The Labute approximate surface area is 107 Å². The number of methoxy groups -OCH3 is 1. The van der Waals surface area contributed by atoms with Gasteiger partial charge in [-0.05, 0) is 33.6 Å². The average molecular weight is 306 g/mol. The molecule has 0 aliphatic rings. The Morgan fingerprint density at radius 3 is 2.62 bits per heavy atom. The fourth-order valence-corrected chi connectivity index (χ4v) is 1.90. The van der Waals surface area contributed by atoms with Crippen LogP contribution >= 0.6 is 27.5 Å². The molecule has 0 bridgehead atoms. The molecule has 1 aromatic carbocycles. The zero-order valence-electron chi connectivity index (χ0n) is 8.63. The van der Waals surface area contributed by atoms with Crippen LogP contribution in [0.15, 0.2) is 22.7 Å². The summed E-state index contributed by atoms with van der Waals surface area (Å²) in [5.41, 5.74) is 1.25. The lowest BCUT2D eigenvalue weighted by Crippen LogP contribution is -2.06. The number of hydrogen-bond acceptors (Lipinski definition) is 3. The van der Waals surface area contributed by atoms with Gasteiger partial charge in [-0.15, -0.1) is 11.6 Å². The molecule has 16 heavy (non-hydrogen) atoms. The molecule has 0 radical (unpaired) electrons. The van der Waals surface area contributed by atoms with Crippen molar-refractivity contribution in [2.45, 2.75) is 6.42 Å². The molecule has 0 unspecified atom stereocenters. The topological polar surface area (TPSA) is 43.4 Å². The molecular weight excluding hydrogens is 295 g/mol. The molecule has 0 N–H and O–H groups in total. The van der Waals surface area contributed by atoms with E-state index in [1.807, 2.05) is 0 Å². The molecule has 0 atom stereocenters. The number of esters is 1. The zero-order chi connectivity index (χ0) is 12.1. The van der Waals surface area contributed by atoms with E-state index in [-0.39, 0.29) is 18.1 Å². The maximum Gasteiger partial charge on any atom is 0.338 e. The fourth-order valence-electron chi connectivity index (χ4n) is 1.22. The van der Waals surface area contributed by atoms with E-state index in [9.17, 15) is 9.59 Å². The molecule has 0 amide bonds. The van der Waals surface area contributed by atoms with Gasteiger partial charge in [-0.25, -0.2) is 4.79 Å². The third-order valence-corrected chi connectivity index (χ3v) is 2.94. The number of carbonyl (C=O) groups excluding carboxylic acids is 2. The van der Waals surface area contributed by atoms with Crippen LogP contribution in [0.3, 0.4) is 0 Å². The first-order chi connectivity index (χ1) is 7.58. The minimum Gasteiger partial charge on any atom is -0.465 e. The standard InChI is InChI=1S/C11H10BrClO3/c1-16-11(15)9-3-2-7(5-10(9)12)4-8(14)6-13/h2-3,5H,4,6H2,1H3. The molecule has 5 heteroatoms. The lowest BCUT2D eigenvalue weighted by atomic mass is 10.1. The summed E-state index contributed by atoms with van der Waals surface area (Å²) in [6.07, 6.45) is 0.267. The van der Waals surface area contributed by atoms with Gasteiger partial charge in [0.25, 0.3) is 0 Å². The highest BCUT2D eigenvalue weighted by molar-refractivity contribution is 9.10. The van der Waals surface area contributed by atoms with Crippen LogP contribution < -0.4 is 0 Å². The zero-order valence-corrected chi connectivity index (χ0v) is 11.0. The third kappa shape index (κ3) is 3.32. The smallest absolute Gasteiger partial charge is 0.338 e. The van der Waals surface area contributed by atoms with Gasteiger partial charge in [0, 0.05) is 10.9 Å². The number of ketones is 1. The fraction of sp³-hybridized carbons (Fsp3) is 0.273. The highest BCUT2D eigenvalue weighted by Gasteiger charge is 2.11. The van der Waals surface area contributed by atoms with Crippen molar-refractivity contribution < 1.29 is 14.3 Å². The van der Waals surface area contributed by atoms with Crippen LogP contribution in [0.5, 0.6) is 0 Å². The summed E-state index contributed by atoms with van der Waals surface area (Å²) in [5, 5.41) is 0. The van der Waals surface area contributed by atoms with Crippen molar-refractivity contribution in [2.24, 2.45) is 0 Å². The second-order valence-electron chi connectivity index (χ2n) is 3.15. The van der Waals surface area contributed by atoms with Gasteiger partial charge < -0.3 is 4.74 Å². The Kier molecular flexibility index (Phi) is 4.96. The van der Waals surface area contributed by atoms with Gasteiger partial charge in [0.1, 0.15) is 0 Å². The second-order valence-corrected chi connectivity index (χ2v) is 4.28. The van der Waals surface area contributed by atoms with E-state index >= 15 is 0 Å². The van der Waals surface area contributed by atoms with Crippen molar-refractivity contribution in [2.75, 3.05) is 13.0 Å². The monoisotopic (exact) mass is 304 g/mol. The van der Waals surface area contributed by atoms with Gasteiger partial charge in [-0.2, -0.15) is 0 Å². The molecule has 0 aromatic heterocycles. The van der Waals surface area contributed by atoms with Crippen molar-refractivity contribution in [3.63, 3.8) is 0 Å². The van der Waals surface area contributed by atoms with Gasteiger partial charge in [0.15, 0.2) is 5.78 Å². The summed E-state index contributed by atoms with van der Waals surface area (Å²) in [6, 6.07) is 5.05. The predicted molar refractivity (Wildman–Crippen MR) is 64.9 cm³/mol. The Morgan fingerprint density at radius 1 is 1.44 bits per heavy atom. The van der Waals surface area contributed by atoms with E-state index in [0.29, 0.717) is 10.0 Å². The lowest BCUT2D eigenvalue weighted by molar-refractivity contribution is -0.116. The quantitative estimate of drug-likeness (QED) is 0.634. The number of Topliss-reactive ketones (excluding diaryl/α,β-unsaturated/α-hetero) is 1. The van der Waals surface area contributed by atoms with Crippen molar-refractivity contribution in [1.82, 2.24) is 0 Å². The first-order valence-corrected chi connectivity index (χ1v) is 5.85. The van der Waals surface area contributed by atoms with Gasteiger partial charge >= 0.3 is 5.97 Å². The van der Waals surface area contributed by atoms with E-state index < -0.39 is 5.97 Å². The SMILES string of the molecule is COC(=O)c1ccc(CC(=O)CCl)cc1Br. The van der Waals surface area contributed by atoms with Crippen molar-refractivity contribution >= 4 is 39.3 Å². The Hall–Kier alpha value is -0.870. The average Bonchev–Trinajstić information content (AvgIpc) is 2.28. The number of carbonyl (C=O) groups is 2. The molecule has 86 valence electrons. The molecule has 1 rings (SSSR count). The molecule has 1 aromatic rings. The molecule has 0 spiro atoms. The van der Waals surface area contributed by atoms with Crippen molar-refractivity contribution in [3.8, 4) is 0 Å². The maximum absolute atomic E-state index is 11.3. The van der Waals surface area contributed by atoms with E-state index in [1.54, 1.807) is 18.2 Å². The highest BCUT2D eigenvalue weighted by Crippen LogP contribution is 2.20. The molecule has 0 fully saturated rings. The number of ether oxygens (including phenoxy) is 1. The van der Waals surface area contributed by atoms with Crippen LogP contribution in [0.1, 0.15) is 15.9 Å². The first kappa shape index (κ1) is 13.2. The van der Waals surface area contributed by atoms with Gasteiger partial charge in [0.2, 0.25) is 0 Å². The molecule has 0 saturated heterocycles. The molecule has 3 nitrogen and oxygen atoms in total. The first-order valence-electron chi connectivity index (χ1n) is 4.53. The van der Waals surface area contributed by atoms with E-state index in [2.05, 4.69) is 20.7 Å². The van der Waals surface area contributed by atoms with Crippen LogP contribution in [-0.2, 0) is 16.0 Å². The summed E-state index contributed by atoms with van der Waals surface area (Å²) >= 11 is 8.67. The number of benzene rings is 1. The molecule has 0 aliphatic carbocycles. The van der Waals surface area contributed by atoms with E-state index in [4.69, 9.17) is 11.6 Å². The van der Waals surface area contributed by atoms with E-state index in [1.165, 1.54) is 7.11 Å². The minimum absolute atomic E-state index is 0.00360. The Balaban J connectivity index is 2.91. The van der Waals surface area contributed by atoms with Gasteiger partial charge in [0.05, 0.1) is 18.6 Å². The molecular formula is C11H10BrClO3. The molecule has 0 saturated carbocycles. The van der Waals surface area contributed by atoms with Crippen LogP contribution in [0, 0.1) is 0 Å². The van der Waals surface area contributed by atoms with Crippen molar-refractivity contribution in [3.05, 3.63) is 33.8 Å². The van der Waals surface area contributed by atoms with Crippen LogP contribution in [0.2, 0.25) is 0 Å². The summed E-state index contributed by atoms with van der Waals surface area (Å²) < 4.78 is 5.21. The number of alkyl halides is 1. The van der Waals surface area contributed by atoms with Crippen molar-refractivity contribution in [1.29, 1.82) is 0 Å². The number of hydrogen-bond donors (Lipinski definition) is 0. The third-order valence-electron chi connectivity index (χ3n) is 1.99. The molecule has 0 heterocycles. The predicted octanol–water partition coefficient (Wildman–Crippen LogP) is 2.59. The molecule has 0 aliphatic heterocycles. The largest absolute Gasteiger partial charge is 0.465 e. The number of rotatable bonds is 4. The Bertz CT molecular complexity index is 418. The highest BCUT2D eigenvalue weighted by atomic mass is 79.9. The van der Waals surface area contributed by atoms with Gasteiger partial charge in [-0.1, -0.05) is 6.07 Å². The lowest BCUT2D eigenvalue weighted by Gasteiger charge is -2.04. The van der Waals surface area contributed by atoms with Crippen LogP contribution in [-0.4, -0.2) is 24.7 Å². The van der Waals surface area contributed by atoms with Crippen LogP contribution in [0.25, 0.3) is 0 Å². The van der Waals surface area contributed by atoms with E-state index in [0.717, 1.165) is 5.56 Å². The Morgan fingerprint density at radius 2 is 2.12 bits per heavy atom. The maximum atomic E-state index is 11.3. The van der Waals surface area contributed by atoms with Gasteiger partial charge in [-0.3, -0.25) is 4.79 Å². The summed E-state index contributed by atoms with van der Waals surface area (Å²) in [5.74, 6) is -0.474. The second kappa shape index (κ2) is 6.01.